The van der Waals surface area contributed by atoms with Gasteiger partial charge in [-0.15, -0.1) is 0 Å². The van der Waals surface area contributed by atoms with E-state index >= 15 is 0 Å². The van der Waals surface area contributed by atoms with Gasteiger partial charge in [0.25, 0.3) is 10.0 Å². The number of aryl methyl sites for hydroxylation is 2. The molecule has 3 aromatic rings. The van der Waals surface area contributed by atoms with Crippen LogP contribution in [0.25, 0.3) is 5.69 Å². The van der Waals surface area contributed by atoms with Gasteiger partial charge in [-0.05, 0) is 56.7 Å². The van der Waals surface area contributed by atoms with Gasteiger partial charge in [0.1, 0.15) is 4.90 Å². The van der Waals surface area contributed by atoms with Crippen LogP contribution in [-0.4, -0.2) is 18.2 Å². The number of sulfonamides is 1. The second-order valence-corrected chi connectivity index (χ2v) is 8.29. The molecule has 3 rings (SSSR count). The number of hydrogen-bond donors (Lipinski definition) is 1. The van der Waals surface area contributed by atoms with Crippen LogP contribution < -0.4 is 4.72 Å². The summed E-state index contributed by atoms with van der Waals surface area (Å²) in [4.78, 5) is 0.205. The van der Waals surface area contributed by atoms with Crippen LogP contribution in [0.2, 0.25) is 0 Å². The number of rotatable bonds is 4. The van der Waals surface area contributed by atoms with Gasteiger partial charge in [-0.3, -0.25) is 4.72 Å². The molecule has 0 fully saturated rings. The zero-order valence-corrected chi connectivity index (χ0v) is 16.5. The highest BCUT2D eigenvalue weighted by Gasteiger charge is 2.25. The van der Waals surface area contributed by atoms with E-state index in [-0.39, 0.29) is 4.90 Å². The fourth-order valence-corrected chi connectivity index (χ4v) is 4.44. The molecular formula is C18H18BrN3O2S. The Morgan fingerprint density at radius 2 is 1.72 bits per heavy atom. The minimum Gasteiger partial charge on any atom is -0.280 e. The Kier molecular flexibility index (Phi) is 4.71. The molecule has 0 saturated heterocycles. The first-order valence-corrected chi connectivity index (χ1v) is 9.98. The Balaban J connectivity index is 2.03. The third-order valence-corrected chi connectivity index (χ3v) is 6.43. The van der Waals surface area contributed by atoms with Gasteiger partial charge in [0.05, 0.1) is 17.1 Å². The SMILES string of the molecule is Cc1cc(NS(=O)(=O)c2c(C)nn(-c3ccccc3)c2C)ccc1Br. The van der Waals surface area contributed by atoms with Crippen LogP contribution in [0.1, 0.15) is 17.0 Å². The number of anilines is 1. The minimum atomic E-state index is -3.74. The number of nitrogens with one attached hydrogen (secondary N) is 1. The summed E-state index contributed by atoms with van der Waals surface area (Å²) < 4.78 is 31.0. The average Bonchev–Trinajstić information content (AvgIpc) is 2.87. The molecule has 0 aliphatic carbocycles. The number of nitrogens with zero attached hydrogens (tertiary/aromatic N) is 2. The quantitative estimate of drug-likeness (QED) is 0.682. The van der Waals surface area contributed by atoms with E-state index in [0.717, 1.165) is 15.7 Å². The summed E-state index contributed by atoms with van der Waals surface area (Å²) in [6.07, 6.45) is 0. The van der Waals surface area contributed by atoms with Crippen molar-refractivity contribution in [3.05, 3.63) is 70.0 Å². The van der Waals surface area contributed by atoms with Crippen LogP contribution in [0.3, 0.4) is 0 Å². The van der Waals surface area contributed by atoms with Gasteiger partial charge in [0, 0.05) is 10.2 Å². The zero-order chi connectivity index (χ0) is 18.2. The van der Waals surface area contributed by atoms with Crippen molar-refractivity contribution in [2.45, 2.75) is 25.7 Å². The third kappa shape index (κ3) is 3.48. The lowest BCUT2D eigenvalue weighted by Crippen LogP contribution is -2.15. The standard InChI is InChI=1S/C18H18BrN3O2S/c1-12-11-15(9-10-17(12)19)21-25(23,24)18-13(2)20-22(14(18)3)16-7-5-4-6-8-16/h4-11,21H,1-3H3. The fraction of sp³-hybridized carbons (Fsp3) is 0.167. The van der Waals surface area contributed by atoms with E-state index in [0.29, 0.717) is 17.1 Å². The first-order chi connectivity index (χ1) is 11.8. The normalized spacial score (nSPS) is 11.5. The highest BCUT2D eigenvalue weighted by atomic mass is 79.9. The van der Waals surface area contributed by atoms with Crippen LogP contribution in [-0.2, 0) is 10.0 Å². The molecule has 0 radical (unpaired) electrons. The maximum atomic E-state index is 12.9. The topological polar surface area (TPSA) is 64.0 Å². The summed E-state index contributed by atoms with van der Waals surface area (Å²) in [6, 6.07) is 14.8. The fourth-order valence-electron chi connectivity index (χ4n) is 2.75. The van der Waals surface area contributed by atoms with E-state index in [9.17, 15) is 8.42 Å². The molecule has 0 aliphatic rings. The maximum absolute atomic E-state index is 12.9. The second-order valence-electron chi connectivity index (χ2n) is 5.82. The van der Waals surface area contributed by atoms with Crippen LogP contribution in [0.4, 0.5) is 5.69 Å². The van der Waals surface area contributed by atoms with Crippen molar-refractivity contribution >= 4 is 31.6 Å². The van der Waals surface area contributed by atoms with Gasteiger partial charge in [-0.1, -0.05) is 34.1 Å². The number of para-hydroxylation sites is 1. The van der Waals surface area contributed by atoms with Gasteiger partial charge in [-0.2, -0.15) is 5.10 Å². The maximum Gasteiger partial charge on any atom is 0.265 e. The van der Waals surface area contributed by atoms with Crippen LogP contribution in [0.15, 0.2) is 57.9 Å². The molecule has 0 saturated carbocycles. The molecule has 7 heteroatoms. The lowest BCUT2D eigenvalue weighted by molar-refractivity contribution is 0.600. The number of aromatic nitrogens is 2. The Labute approximate surface area is 155 Å². The minimum absolute atomic E-state index is 0.205. The highest BCUT2D eigenvalue weighted by molar-refractivity contribution is 9.10. The molecule has 0 amide bonds. The van der Waals surface area contributed by atoms with E-state index in [1.165, 1.54) is 0 Å². The summed E-state index contributed by atoms with van der Waals surface area (Å²) in [7, 11) is -3.74. The molecule has 1 aromatic heterocycles. The van der Waals surface area contributed by atoms with Crippen molar-refractivity contribution in [1.82, 2.24) is 9.78 Å². The molecule has 0 spiro atoms. The number of halogens is 1. The van der Waals surface area contributed by atoms with Crippen LogP contribution >= 0.6 is 15.9 Å². The molecule has 0 atom stereocenters. The second kappa shape index (κ2) is 6.65. The molecule has 2 aromatic carbocycles. The van der Waals surface area contributed by atoms with Gasteiger partial charge < -0.3 is 0 Å². The van der Waals surface area contributed by atoms with E-state index in [2.05, 4.69) is 25.8 Å². The van der Waals surface area contributed by atoms with E-state index < -0.39 is 10.0 Å². The van der Waals surface area contributed by atoms with Gasteiger partial charge >= 0.3 is 0 Å². The van der Waals surface area contributed by atoms with Crippen LogP contribution in [0, 0.1) is 20.8 Å². The predicted octanol–water partition coefficient (Wildman–Crippen LogP) is 4.36. The Morgan fingerprint density at radius 3 is 2.36 bits per heavy atom. The predicted molar refractivity (Wildman–Crippen MR) is 103 cm³/mol. The van der Waals surface area contributed by atoms with Crippen molar-refractivity contribution in [2.75, 3.05) is 4.72 Å². The first kappa shape index (κ1) is 17.7. The Morgan fingerprint density at radius 1 is 1.04 bits per heavy atom. The van der Waals surface area contributed by atoms with Gasteiger partial charge in [0.15, 0.2) is 0 Å². The molecule has 0 aliphatic heterocycles. The number of benzene rings is 2. The molecule has 0 bridgehead atoms. The lowest BCUT2D eigenvalue weighted by atomic mass is 10.2. The van der Waals surface area contributed by atoms with E-state index in [1.807, 2.05) is 43.3 Å². The van der Waals surface area contributed by atoms with Crippen LogP contribution in [0.5, 0.6) is 0 Å². The van der Waals surface area contributed by atoms with Crippen molar-refractivity contribution < 1.29 is 8.42 Å². The molecule has 25 heavy (non-hydrogen) atoms. The highest BCUT2D eigenvalue weighted by Crippen LogP contribution is 2.26. The molecule has 1 heterocycles. The summed E-state index contributed by atoms with van der Waals surface area (Å²) in [5.74, 6) is 0. The monoisotopic (exact) mass is 419 g/mol. The third-order valence-electron chi connectivity index (χ3n) is 3.90. The summed E-state index contributed by atoms with van der Waals surface area (Å²) in [5, 5.41) is 4.41. The molecule has 5 nitrogen and oxygen atoms in total. The average molecular weight is 420 g/mol. The Bertz CT molecular complexity index is 1030. The summed E-state index contributed by atoms with van der Waals surface area (Å²) in [6.45, 7) is 5.37. The van der Waals surface area contributed by atoms with Gasteiger partial charge in [-0.25, -0.2) is 13.1 Å². The molecule has 1 N–H and O–H groups in total. The van der Waals surface area contributed by atoms with E-state index in [1.54, 1.807) is 30.7 Å². The van der Waals surface area contributed by atoms with Crippen molar-refractivity contribution in [2.24, 2.45) is 0 Å². The summed E-state index contributed by atoms with van der Waals surface area (Å²) >= 11 is 3.42. The van der Waals surface area contributed by atoms with E-state index in [4.69, 9.17) is 0 Å². The molecule has 0 unspecified atom stereocenters. The Hall–Kier alpha value is -2.12. The molecule has 130 valence electrons. The van der Waals surface area contributed by atoms with Gasteiger partial charge in [0.2, 0.25) is 0 Å². The summed E-state index contributed by atoms with van der Waals surface area (Å²) in [5.41, 5.74) is 3.33. The molecular weight excluding hydrogens is 402 g/mol. The smallest absolute Gasteiger partial charge is 0.265 e. The first-order valence-electron chi connectivity index (χ1n) is 7.70. The zero-order valence-electron chi connectivity index (χ0n) is 14.1. The largest absolute Gasteiger partial charge is 0.280 e. The van der Waals surface area contributed by atoms with Crippen molar-refractivity contribution in [3.8, 4) is 5.69 Å². The van der Waals surface area contributed by atoms with Crippen molar-refractivity contribution in [1.29, 1.82) is 0 Å². The lowest BCUT2D eigenvalue weighted by Gasteiger charge is -2.10. The number of hydrogen-bond acceptors (Lipinski definition) is 3. The van der Waals surface area contributed by atoms with Crippen molar-refractivity contribution in [3.63, 3.8) is 0 Å².